The first-order valence-electron chi connectivity index (χ1n) is 26.4. The zero-order chi connectivity index (χ0) is 52.9. The number of hydrogen-bond acceptors (Lipinski definition) is 17. The van der Waals surface area contributed by atoms with E-state index < -0.39 is 120 Å². The van der Waals surface area contributed by atoms with Gasteiger partial charge in [0.25, 0.3) is 0 Å². The first kappa shape index (κ1) is 59.7. The van der Waals surface area contributed by atoms with E-state index in [-0.39, 0.29) is 43.4 Å². The van der Waals surface area contributed by atoms with Crippen LogP contribution in [0.2, 0.25) is 0 Å². The number of cyclic esters (lactones) is 1. The molecule has 6 N–H and O–H groups in total. The maximum atomic E-state index is 14.5. The molecule has 4 saturated heterocycles. The third-order valence-electron chi connectivity index (χ3n) is 16.7. The molecular formula is C54H93N3O14. The molecule has 71 heavy (non-hydrogen) atoms. The van der Waals surface area contributed by atoms with Crippen molar-refractivity contribution in [3.05, 3.63) is 35.9 Å². The summed E-state index contributed by atoms with van der Waals surface area (Å²) in [5.41, 5.74) is -3.45. The van der Waals surface area contributed by atoms with Crippen molar-refractivity contribution in [2.75, 3.05) is 40.8 Å². The van der Waals surface area contributed by atoms with Crippen molar-refractivity contribution in [3.63, 3.8) is 0 Å². The molecule has 5 rings (SSSR count). The molecule has 1 aromatic carbocycles. The number of nitrogens with zero attached hydrogens (tertiary/aromatic N) is 3. The fraction of sp³-hybridized carbons (Fsp3) is 0.852. The predicted octanol–water partition coefficient (Wildman–Crippen LogP) is 3.89. The highest BCUT2D eigenvalue weighted by atomic mass is 16.7. The molecule has 1 unspecified atom stereocenters. The van der Waals surface area contributed by atoms with Crippen LogP contribution >= 0.6 is 0 Å². The van der Waals surface area contributed by atoms with Gasteiger partial charge in [-0.15, -0.1) is 0 Å². The molecule has 0 amide bonds. The Morgan fingerprint density at radius 3 is 2.25 bits per heavy atom. The quantitative estimate of drug-likeness (QED) is 0.137. The Morgan fingerprint density at radius 2 is 1.63 bits per heavy atom. The lowest BCUT2D eigenvalue weighted by Gasteiger charge is -2.49. The van der Waals surface area contributed by atoms with Crippen LogP contribution in [0.4, 0.5) is 0 Å². The van der Waals surface area contributed by atoms with Crippen LogP contribution in [0.5, 0.6) is 0 Å². The van der Waals surface area contributed by atoms with Crippen molar-refractivity contribution in [3.8, 4) is 0 Å². The van der Waals surface area contributed by atoms with Gasteiger partial charge in [-0.2, -0.15) is 0 Å². The molecule has 0 saturated carbocycles. The minimum Gasteiger partial charge on any atom is -0.459 e. The number of carbonyl (C=O) groups excluding carboxylic acids is 2. The number of ketones is 1. The van der Waals surface area contributed by atoms with E-state index in [0.29, 0.717) is 26.1 Å². The molecule has 17 heteroatoms. The highest BCUT2D eigenvalue weighted by molar-refractivity contribution is 5.84. The molecule has 21 atom stereocenters. The summed E-state index contributed by atoms with van der Waals surface area (Å²) in [6, 6.07) is 8.74. The van der Waals surface area contributed by atoms with Gasteiger partial charge >= 0.3 is 5.97 Å². The molecule has 0 bridgehead atoms. The lowest BCUT2D eigenvalue weighted by atomic mass is 9.77. The fourth-order valence-corrected chi connectivity index (χ4v) is 12.1. The van der Waals surface area contributed by atoms with Gasteiger partial charge in [0.15, 0.2) is 12.6 Å². The topological polar surface area (TPSA) is 221 Å². The molecule has 4 heterocycles. The number of carbonyl (C=O) groups is 2. The highest BCUT2D eigenvalue weighted by Crippen LogP contribution is 2.40. The highest BCUT2D eigenvalue weighted by Gasteiger charge is 2.53. The second kappa shape index (κ2) is 25.1. The summed E-state index contributed by atoms with van der Waals surface area (Å²) in [4.78, 5) is 34.7. The monoisotopic (exact) mass is 1010 g/mol. The summed E-state index contributed by atoms with van der Waals surface area (Å²) in [6.07, 6.45) is -8.50. The van der Waals surface area contributed by atoms with Crippen molar-refractivity contribution >= 4 is 11.8 Å². The Morgan fingerprint density at radius 1 is 0.972 bits per heavy atom. The number of Topliss-reactive ketones (excluding diaryl/α,β-unsaturated/α-hetero) is 1. The number of likely N-dealkylation sites (tertiary alicyclic amines) is 1. The molecule has 1 aromatic rings. The third-order valence-corrected chi connectivity index (χ3v) is 16.7. The van der Waals surface area contributed by atoms with Crippen LogP contribution in [0.3, 0.4) is 0 Å². The molecular weight excluding hydrogens is 915 g/mol. The number of benzene rings is 1. The third kappa shape index (κ3) is 14.4. The lowest BCUT2D eigenvalue weighted by Crippen LogP contribution is -2.61. The molecule has 408 valence electrons. The number of aliphatic hydroxyl groups excluding tert-OH is 4. The molecule has 0 spiro atoms. The average molecular weight is 1010 g/mol. The summed E-state index contributed by atoms with van der Waals surface area (Å²) in [6.45, 7) is 21.4. The minimum atomic E-state index is -1.85. The van der Waals surface area contributed by atoms with Crippen molar-refractivity contribution in [1.29, 1.82) is 0 Å². The minimum absolute atomic E-state index is 0.0866. The van der Waals surface area contributed by atoms with Gasteiger partial charge in [-0.05, 0) is 120 Å². The number of aliphatic hydroxyl groups is 6. The van der Waals surface area contributed by atoms with E-state index in [2.05, 4.69) is 17.0 Å². The number of ether oxygens (including phenoxy) is 6. The zero-order valence-electron chi connectivity index (χ0n) is 45.3. The van der Waals surface area contributed by atoms with E-state index in [1.54, 1.807) is 55.4 Å². The maximum absolute atomic E-state index is 14.5. The normalized spacial score (nSPS) is 42.8. The SMILES string of the molecule is CC[C@H]1OC(=O)[C@H](C)[C@@H](O[C@H]2C[C@@](C)(OC)[C@@H](O)[C@H](C)O2)[C@H](C)[C@@H](O[C@@H]2O[C@H](C)C[C@H](N(C)CC(CC(=O)[C@@H]3CCCN3Cc3ccccc3)[C@H](C)O)[C@H]2O)[C@](C)(O)C[C@@H](C)CN(C)[C@H](C)[C@@H](O)[C@]1(C)O. The van der Waals surface area contributed by atoms with Crippen molar-refractivity contribution in [2.45, 2.75) is 230 Å². The van der Waals surface area contributed by atoms with Crippen molar-refractivity contribution in [2.24, 2.45) is 23.7 Å². The van der Waals surface area contributed by atoms with E-state index in [0.717, 1.165) is 24.9 Å². The molecule has 17 nitrogen and oxygen atoms in total. The van der Waals surface area contributed by atoms with Crippen molar-refractivity contribution < 1.29 is 68.6 Å². The van der Waals surface area contributed by atoms with Crippen LogP contribution < -0.4 is 0 Å². The lowest BCUT2D eigenvalue weighted by molar-refractivity contribution is -0.318. The molecule has 4 fully saturated rings. The summed E-state index contributed by atoms with van der Waals surface area (Å²) < 4.78 is 38.4. The van der Waals surface area contributed by atoms with Crippen LogP contribution in [0, 0.1) is 23.7 Å². The summed E-state index contributed by atoms with van der Waals surface area (Å²) in [5, 5.41) is 71.1. The number of rotatable bonds is 15. The van der Waals surface area contributed by atoms with Crippen LogP contribution in [-0.4, -0.2) is 200 Å². The van der Waals surface area contributed by atoms with Gasteiger partial charge in [-0.3, -0.25) is 14.5 Å². The first-order valence-corrected chi connectivity index (χ1v) is 26.4. The van der Waals surface area contributed by atoms with E-state index in [9.17, 15) is 40.2 Å². The van der Waals surface area contributed by atoms with E-state index >= 15 is 0 Å². The van der Waals surface area contributed by atoms with Gasteiger partial charge in [0.1, 0.15) is 35.8 Å². The van der Waals surface area contributed by atoms with Crippen molar-refractivity contribution in [1.82, 2.24) is 14.7 Å². The largest absolute Gasteiger partial charge is 0.459 e. The fourth-order valence-electron chi connectivity index (χ4n) is 12.1. The van der Waals surface area contributed by atoms with E-state index in [1.165, 1.54) is 14.0 Å². The van der Waals surface area contributed by atoms with Gasteiger partial charge in [-0.1, -0.05) is 51.1 Å². The van der Waals surface area contributed by atoms with Crippen LogP contribution in [0.1, 0.15) is 127 Å². The Bertz CT molecular complexity index is 1830. The van der Waals surface area contributed by atoms with Gasteiger partial charge in [0, 0.05) is 63.5 Å². The maximum Gasteiger partial charge on any atom is 0.311 e. The zero-order valence-corrected chi connectivity index (χ0v) is 45.3. The Kier molecular flexibility index (Phi) is 21.1. The molecule has 4 aliphatic rings. The molecule has 0 aromatic heterocycles. The number of likely N-dealkylation sites (N-methyl/N-ethyl adjacent to an activating group) is 2. The van der Waals surface area contributed by atoms with E-state index in [1.807, 2.05) is 55.9 Å². The number of methoxy groups -OCH3 is 1. The second-order valence-corrected chi connectivity index (χ2v) is 22.9. The Labute approximate surface area is 424 Å². The first-order chi connectivity index (χ1) is 33.1. The van der Waals surface area contributed by atoms with Gasteiger partial charge in [0.2, 0.25) is 0 Å². The van der Waals surface area contributed by atoms with Gasteiger partial charge in [0.05, 0.1) is 53.7 Å². The molecule has 0 radical (unpaired) electrons. The summed E-state index contributed by atoms with van der Waals surface area (Å²) in [7, 11) is 5.20. The van der Waals surface area contributed by atoms with Crippen LogP contribution in [-0.2, 0) is 44.6 Å². The summed E-state index contributed by atoms with van der Waals surface area (Å²) in [5.74, 6) is -3.21. The molecule has 4 aliphatic heterocycles. The second-order valence-electron chi connectivity index (χ2n) is 22.9. The van der Waals surface area contributed by atoms with Crippen LogP contribution in [0.25, 0.3) is 0 Å². The van der Waals surface area contributed by atoms with Gasteiger partial charge < -0.3 is 68.9 Å². The standard InChI is InChI=1S/C54H93N3O14/c1-15-43-54(11,65)47(61)35(6)55(12)28-31(2)26-52(9,64)49(33(4)46(34(5)50(63)69-43)70-44-27-53(10,66-14)48(62)37(8)68-44)71-51-45(60)41(24-32(3)67-51)56(13)30-39(36(7)58)25-42(59)40-22-19-23-57(40)29-38-20-17-16-18-21-38/h16-18,20-21,31-37,39-41,43-49,51,58,60-62,64-65H,15,19,22-30H2,1-14H3/t31-,32-,33+,34-,35-,36+,37+,39?,40+,41+,43-,44+,45-,46+,47-,48+,49-,51+,52-,53-,54-/m1/s1. The summed E-state index contributed by atoms with van der Waals surface area (Å²) >= 11 is 0. The Hall–Kier alpha value is -2.20. The smallest absolute Gasteiger partial charge is 0.311 e. The Balaban J connectivity index is 1.46. The number of hydrogen-bond donors (Lipinski definition) is 6. The van der Waals surface area contributed by atoms with Gasteiger partial charge in [-0.25, -0.2) is 0 Å². The molecule has 0 aliphatic carbocycles. The van der Waals surface area contributed by atoms with E-state index in [4.69, 9.17) is 28.4 Å². The predicted molar refractivity (Wildman–Crippen MR) is 268 cm³/mol. The van der Waals surface area contributed by atoms with Crippen LogP contribution in [0.15, 0.2) is 30.3 Å². The average Bonchev–Trinajstić information content (AvgIpc) is 3.78. The number of esters is 1.